The number of ether oxygens (including phenoxy) is 2. The Morgan fingerprint density at radius 3 is 2.35 bits per heavy atom. The van der Waals surface area contributed by atoms with Crippen molar-refractivity contribution in [2.45, 2.75) is 34.3 Å². The van der Waals surface area contributed by atoms with Crippen LogP contribution in [-0.2, 0) is 11.4 Å². The summed E-state index contributed by atoms with van der Waals surface area (Å²) in [6, 6.07) is 19.6. The molecular formula is C28H27BrN2O3. The van der Waals surface area contributed by atoms with Gasteiger partial charge < -0.3 is 9.47 Å². The fourth-order valence-electron chi connectivity index (χ4n) is 3.98. The topological polar surface area (TPSA) is 51.1 Å². The Kier molecular flexibility index (Phi) is 7.17. The molecule has 4 rings (SSSR count). The summed E-state index contributed by atoms with van der Waals surface area (Å²) in [7, 11) is 0. The molecule has 1 amide bonds. The van der Waals surface area contributed by atoms with E-state index in [-0.39, 0.29) is 5.91 Å². The van der Waals surface area contributed by atoms with Gasteiger partial charge in [-0.2, -0.15) is 10.1 Å². The molecule has 0 spiro atoms. The molecule has 174 valence electrons. The fourth-order valence-corrected chi connectivity index (χ4v) is 4.55. The number of rotatable bonds is 7. The number of carbonyl (C=O) groups excluding carboxylic acids is 1. The van der Waals surface area contributed by atoms with E-state index in [4.69, 9.17) is 9.47 Å². The van der Waals surface area contributed by atoms with Gasteiger partial charge >= 0.3 is 0 Å². The Hall–Kier alpha value is -3.38. The highest BCUT2D eigenvalue weighted by atomic mass is 79.9. The van der Waals surface area contributed by atoms with Crippen LogP contribution >= 0.6 is 15.9 Å². The van der Waals surface area contributed by atoms with Gasteiger partial charge in [-0.1, -0.05) is 47.5 Å². The summed E-state index contributed by atoms with van der Waals surface area (Å²) in [5.74, 6) is 1.10. The van der Waals surface area contributed by atoms with E-state index in [0.717, 1.165) is 21.3 Å². The molecule has 1 heterocycles. The maximum absolute atomic E-state index is 13.1. The number of hydrogen-bond donors (Lipinski definition) is 0. The summed E-state index contributed by atoms with van der Waals surface area (Å²) >= 11 is 3.64. The quantitative estimate of drug-likeness (QED) is 0.321. The number of nitrogens with zero attached hydrogens (tertiary/aromatic N) is 2. The molecule has 0 fully saturated rings. The number of aryl methyl sites for hydroxylation is 2. The van der Waals surface area contributed by atoms with Crippen molar-refractivity contribution in [2.24, 2.45) is 5.10 Å². The zero-order valence-electron chi connectivity index (χ0n) is 19.8. The van der Waals surface area contributed by atoms with E-state index in [0.29, 0.717) is 36.0 Å². The van der Waals surface area contributed by atoms with Crippen LogP contribution in [0.25, 0.3) is 6.08 Å². The fraction of sp³-hybridized carbons (Fsp3) is 0.214. The van der Waals surface area contributed by atoms with Crippen LogP contribution in [0.3, 0.4) is 0 Å². The van der Waals surface area contributed by atoms with E-state index in [9.17, 15) is 4.79 Å². The highest BCUT2D eigenvalue weighted by Gasteiger charge is 2.28. The Morgan fingerprint density at radius 1 is 0.971 bits per heavy atom. The molecule has 0 radical (unpaired) electrons. The second-order valence-corrected chi connectivity index (χ2v) is 9.10. The van der Waals surface area contributed by atoms with Gasteiger partial charge in [-0.25, -0.2) is 0 Å². The number of carbonyl (C=O) groups is 1. The lowest BCUT2D eigenvalue weighted by atomic mass is 10.1. The van der Waals surface area contributed by atoms with E-state index >= 15 is 0 Å². The second-order valence-electron chi connectivity index (χ2n) is 8.24. The minimum absolute atomic E-state index is 0.159. The molecule has 0 aromatic heterocycles. The highest BCUT2D eigenvalue weighted by Crippen LogP contribution is 2.38. The monoisotopic (exact) mass is 518 g/mol. The minimum atomic E-state index is -0.159. The van der Waals surface area contributed by atoms with Crippen LogP contribution in [0.2, 0.25) is 0 Å². The van der Waals surface area contributed by atoms with Gasteiger partial charge in [-0.05, 0) is 85.1 Å². The van der Waals surface area contributed by atoms with Gasteiger partial charge in [0, 0.05) is 0 Å². The summed E-state index contributed by atoms with van der Waals surface area (Å²) < 4.78 is 12.8. The first-order valence-electron chi connectivity index (χ1n) is 11.2. The standard InChI is InChI=1S/C28H27BrN2O3/c1-5-33-26-16-21(14-24-20(4)30-31(28(24)32)23-9-7-6-8-10-23)15-25(29)27(26)34-17-22-12-18(2)11-19(3)13-22/h6-16H,5,17H2,1-4H3/b24-14+. The molecule has 3 aromatic carbocycles. The van der Waals surface area contributed by atoms with Crippen LogP contribution < -0.4 is 14.5 Å². The van der Waals surface area contributed by atoms with E-state index < -0.39 is 0 Å². The molecule has 0 bridgehead atoms. The predicted octanol–water partition coefficient (Wildman–Crippen LogP) is 6.85. The number of amides is 1. The third-order valence-electron chi connectivity index (χ3n) is 5.37. The van der Waals surface area contributed by atoms with Gasteiger partial charge in [0.15, 0.2) is 11.5 Å². The highest BCUT2D eigenvalue weighted by molar-refractivity contribution is 9.10. The van der Waals surface area contributed by atoms with Crippen LogP contribution in [0.1, 0.15) is 36.1 Å². The Balaban J connectivity index is 1.61. The molecule has 34 heavy (non-hydrogen) atoms. The van der Waals surface area contributed by atoms with E-state index in [1.54, 1.807) is 0 Å². The molecule has 0 aliphatic carbocycles. The predicted molar refractivity (Wildman–Crippen MR) is 141 cm³/mol. The summed E-state index contributed by atoms with van der Waals surface area (Å²) in [5.41, 5.74) is 6.27. The van der Waals surface area contributed by atoms with Gasteiger partial charge in [0.05, 0.1) is 28.1 Å². The molecule has 0 saturated carbocycles. The lowest BCUT2D eigenvalue weighted by Gasteiger charge is -2.15. The normalized spacial score (nSPS) is 14.5. The SMILES string of the molecule is CCOc1cc(/C=C2/C(=O)N(c3ccccc3)N=C2C)cc(Br)c1OCc1cc(C)cc(C)c1. The van der Waals surface area contributed by atoms with Crippen molar-refractivity contribution in [3.8, 4) is 11.5 Å². The Bertz CT molecular complexity index is 1260. The minimum Gasteiger partial charge on any atom is -0.490 e. The van der Waals surface area contributed by atoms with Crippen molar-refractivity contribution < 1.29 is 14.3 Å². The zero-order chi connectivity index (χ0) is 24.2. The summed E-state index contributed by atoms with van der Waals surface area (Å²) in [5, 5.41) is 5.89. The van der Waals surface area contributed by atoms with Crippen molar-refractivity contribution >= 4 is 39.3 Å². The molecule has 0 unspecified atom stereocenters. The van der Waals surface area contributed by atoms with E-state index in [2.05, 4.69) is 53.1 Å². The smallest absolute Gasteiger partial charge is 0.280 e. The molecule has 3 aromatic rings. The van der Waals surface area contributed by atoms with Crippen molar-refractivity contribution in [1.29, 1.82) is 0 Å². The molecule has 6 heteroatoms. The Labute approximate surface area is 208 Å². The first-order chi connectivity index (χ1) is 16.4. The van der Waals surface area contributed by atoms with Crippen molar-refractivity contribution in [3.05, 3.63) is 93.0 Å². The average molecular weight is 519 g/mol. The number of anilines is 1. The van der Waals surface area contributed by atoms with Crippen LogP contribution in [0.4, 0.5) is 5.69 Å². The lowest BCUT2D eigenvalue weighted by molar-refractivity contribution is -0.114. The first kappa shape index (κ1) is 23.8. The van der Waals surface area contributed by atoms with Crippen molar-refractivity contribution in [1.82, 2.24) is 0 Å². The molecule has 0 atom stereocenters. The van der Waals surface area contributed by atoms with Crippen molar-refractivity contribution in [2.75, 3.05) is 11.6 Å². The van der Waals surface area contributed by atoms with Crippen LogP contribution in [0.5, 0.6) is 11.5 Å². The van der Waals surface area contributed by atoms with Crippen LogP contribution in [-0.4, -0.2) is 18.2 Å². The van der Waals surface area contributed by atoms with Crippen LogP contribution in [0.15, 0.2) is 75.8 Å². The van der Waals surface area contributed by atoms with Gasteiger partial charge in [0.2, 0.25) is 0 Å². The van der Waals surface area contributed by atoms with Gasteiger partial charge in [-0.15, -0.1) is 0 Å². The maximum Gasteiger partial charge on any atom is 0.280 e. The number of benzene rings is 3. The average Bonchev–Trinajstić information content (AvgIpc) is 3.07. The molecular weight excluding hydrogens is 492 g/mol. The first-order valence-corrected chi connectivity index (χ1v) is 12.0. The largest absolute Gasteiger partial charge is 0.490 e. The van der Waals surface area contributed by atoms with E-state index in [1.165, 1.54) is 16.1 Å². The third kappa shape index (κ3) is 5.23. The molecule has 0 saturated heterocycles. The van der Waals surface area contributed by atoms with Crippen LogP contribution in [0, 0.1) is 13.8 Å². The summed E-state index contributed by atoms with van der Waals surface area (Å²) in [6.45, 7) is 8.85. The molecule has 1 aliphatic rings. The number of halogens is 1. The molecule has 0 N–H and O–H groups in total. The summed E-state index contributed by atoms with van der Waals surface area (Å²) in [4.78, 5) is 13.1. The van der Waals surface area contributed by atoms with E-state index in [1.807, 2.05) is 62.4 Å². The number of hydrazone groups is 1. The van der Waals surface area contributed by atoms with Crippen molar-refractivity contribution in [3.63, 3.8) is 0 Å². The third-order valence-corrected chi connectivity index (χ3v) is 5.96. The van der Waals surface area contributed by atoms with Gasteiger partial charge in [0.1, 0.15) is 6.61 Å². The number of hydrogen-bond acceptors (Lipinski definition) is 4. The molecule has 5 nitrogen and oxygen atoms in total. The second kappa shape index (κ2) is 10.3. The summed E-state index contributed by atoms with van der Waals surface area (Å²) in [6.07, 6.45) is 1.84. The maximum atomic E-state index is 13.1. The number of para-hydroxylation sites is 1. The molecule has 1 aliphatic heterocycles. The lowest BCUT2D eigenvalue weighted by Crippen LogP contribution is -2.21. The van der Waals surface area contributed by atoms with Gasteiger partial charge in [0.25, 0.3) is 5.91 Å². The Morgan fingerprint density at radius 2 is 1.68 bits per heavy atom. The zero-order valence-corrected chi connectivity index (χ0v) is 21.3. The van der Waals surface area contributed by atoms with Gasteiger partial charge in [-0.3, -0.25) is 4.79 Å².